The number of benzene rings is 1. The van der Waals surface area contributed by atoms with Crippen LogP contribution in [0.2, 0.25) is 0 Å². The van der Waals surface area contributed by atoms with Gasteiger partial charge in [0.2, 0.25) is 0 Å². The molecule has 1 aliphatic rings. The first-order chi connectivity index (χ1) is 14.9. The first kappa shape index (κ1) is 21.0. The van der Waals surface area contributed by atoms with Gasteiger partial charge in [0.05, 0.1) is 18.3 Å². The Hall–Kier alpha value is -3.30. The highest BCUT2D eigenvalue weighted by Crippen LogP contribution is 2.31. The van der Waals surface area contributed by atoms with E-state index in [-0.39, 0.29) is 24.7 Å². The van der Waals surface area contributed by atoms with E-state index in [0.717, 1.165) is 27.6 Å². The van der Waals surface area contributed by atoms with Crippen molar-refractivity contribution >= 4 is 22.8 Å². The maximum atomic E-state index is 13.3. The Morgan fingerprint density at radius 3 is 2.77 bits per heavy atom. The lowest BCUT2D eigenvalue weighted by molar-refractivity contribution is -0.142. The molecule has 9 heteroatoms. The third-order valence-corrected chi connectivity index (χ3v) is 5.34. The largest absolute Gasteiger partial charge is 0.480 e. The van der Waals surface area contributed by atoms with E-state index >= 15 is 0 Å². The maximum Gasteiger partial charge on any atom is 0.329 e. The lowest BCUT2D eigenvalue weighted by Crippen LogP contribution is -2.35. The lowest BCUT2D eigenvalue weighted by Gasteiger charge is -2.23. The van der Waals surface area contributed by atoms with Gasteiger partial charge in [0, 0.05) is 24.7 Å². The van der Waals surface area contributed by atoms with Gasteiger partial charge < -0.3 is 14.4 Å². The maximum absolute atomic E-state index is 13.3. The van der Waals surface area contributed by atoms with Crippen molar-refractivity contribution in [1.29, 1.82) is 0 Å². The van der Waals surface area contributed by atoms with E-state index in [0.29, 0.717) is 37.5 Å². The molecule has 0 aliphatic carbocycles. The van der Waals surface area contributed by atoms with Gasteiger partial charge in [-0.3, -0.25) is 10.0 Å². The molecule has 2 N–H and O–H groups in total. The van der Waals surface area contributed by atoms with Crippen LogP contribution in [0.5, 0.6) is 0 Å². The Morgan fingerprint density at radius 1 is 1.26 bits per heavy atom. The zero-order valence-corrected chi connectivity index (χ0v) is 16.8. The Labute approximate surface area is 177 Å². The predicted molar refractivity (Wildman–Crippen MR) is 109 cm³/mol. The molecule has 1 amide bonds. The number of aromatic nitrogens is 2. The summed E-state index contributed by atoms with van der Waals surface area (Å²) < 4.78 is 20.4. The summed E-state index contributed by atoms with van der Waals surface area (Å²) in [7, 11) is 0. The van der Waals surface area contributed by atoms with Crippen LogP contribution in [-0.2, 0) is 28.9 Å². The van der Waals surface area contributed by atoms with Crippen LogP contribution in [-0.4, -0.2) is 56.6 Å². The number of carbonyl (C=O) groups is 2. The number of hydrogen-bond acceptors (Lipinski definition) is 5. The van der Waals surface area contributed by atoms with E-state index in [1.54, 1.807) is 18.3 Å². The lowest BCUT2D eigenvalue weighted by atomic mass is 9.97. The van der Waals surface area contributed by atoms with Crippen LogP contribution in [0.1, 0.15) is 33.6 Å². The second kappa shape index (κ2) is 8.83. The van der Waals surface area contributed by atoms with Gasteiger partial charge in [-0.1, -0.05) is 12.1 Å². The fourth-order valence-corrected chi connectivity index (χ4v) is 3.94. The van der Waals surface area contributed by atoms with Gasteiger partial charge in [-0.05, 0) is 48.1 Å². The minimum atomic E-state index is -1.01. The molecule has 1 aliphatic heterocycles. The Kier molecular flexibility index (Phi) is 5.97. The standard InChI is InChI=1S/C22H22FN3O5/c23-16-5-3-14(4-6-16)11-25-12-15(2-1-9-31-13-19(27)28)20-17-7-8-26(30)22(29)21(17)24-10-18(20)25/h3-6,10,12,30H,1-2,7-9,11,13H2,(H,27,28). The van der Waals surface area contributed by atoms with Crippen molar-refractivity contribution in [2.24, 2.45) is 0 Å². The number of fused-ring (bicyclic) bond motifs is 3. The summed E-state index contributed by atoms with van der Waals surface area (Å²) in [5.74, 6) is -1.83. The van der Waals surface area contributed by atoms with Crippen molar-refractivity contribution in [3.05, 3.63) is 64.9 Å². The molecule has 0 fully saturated rings. The summed E-state index contributed by atoms with van der Waals surface area (Å²) >= 11 is 0. The van der Waals surface area contributed by atoms with Gasteiger partial charge in [0.25, 0.3) is 5.91 Å². The van der Waals surface area contributed by atoms with Gasteiger partial charge in [0.15, 0.2) is 0 Å². The molecule has 8 nitrogen and oxygen atoms in total. The van der Waals surface area contributed by atoms with Crippen molar-refractivity contribution < 1.29 is 29.0 Å². The number of halogens is 1. The van der Waals surface area contributed by atoms with Crippen LogP contribution in [0, 0.1) is 5.82 Å². The molecule has 3 heterocycles. The van der Waals surface area contributed by atoms with Gasteiger partial charge in [-0.15, -0.1) is 0 Å². The minimum Gasteiger partial charge on any atom is -0.480 e. The SMILES string of the molecule is O=C(O)COCCCc1cn(Cc2ccc(F)cc2)c2cnc3c(c12)CCN(O)C3=O. The average molecular weight is 427 g/mol. The summed E-state index contributed by atoms with van der Waals surface area (Å²) in [5.41, 5.74) is 3.80. The van der Waals surface area contributed by atoms with Crippen LogP contribution in [0.15, 0.2) is 36.7 Å². The van der Waals surface area contributed by atoms with Gasteiger partial charge in [-0.2, -0.15) is 0 Å². The van der Waals surface area contributed by atoms with Crippen molar-refractivity contribution in [3.63, 3.8) is 0 Å². The van der Waals surface area contributed by atoms with Gasteiger partial charge in [-0.25, -0.2) is 19.2 Å². The summed E-state index contributed by atoms with van der Waals surface area (Å²) in [5, 5.41) is 20.1. The third kappa shape index (κ3) is 4.42. The molecule has 0 radical (unpaired) electrons. The van der Waals surface area contributed by atoms with Crippen molar-refractivity contribution in [1.82, 2.24) is 14.6 Å². The zero-order valence-electron chi connectivity index (χ0n) is 16.8. The first-order valence-corrected chi connectivity index (χ1v) is 9.98. The highest BCUT2D eigenvalue weighted by Gasteiger charge is 2.28. The molecule has 31 heavy (non-hydrogen) atoms. The summed E-state index contributed by atoms with van der Waals surface area (Å²) in [4.78, 5) is 27.3. The number of carbonyl (C=O) groups excluding carboxylic acids is 1. The zero-order chi connectivity index (χ0) is 22.0. The topological polar surface area (TPSA) is 105 Å². The highest BCUT2D eigenvalue weighted by atomic mass is 19.1. The summed E-state index contributed by atoms with van der Waals surface area (Å²) in [6.07, 6.45) is 5.33. The van der Waals surface area contributed by atoms with Crippen LogP contribution >= 0.6 is 0 Å². The van der Waals surface area contributed by atoms with Crippen LogP contribution in [0.4, 0.5) is 4.39 Å². The minimum absolute atomic E-state index is 0.191. The van der Waals surface area contributed by atoms with E-state index in [2.05, 4.69) is 4.98 Å². The number of amides is 1. The Bertz CT molecular complexity index is 1130. The van der Waals surface area contributed by atoms with E-state index in [1.807, 2.05) is 10.8 Å². The molecule has 2 aromatic heterocycles. The Balaban J connectivity index is 1.68. The van der Waals surface area contributed by atoms with Gasteiger partial charge in [0.1, 0.15) is 18.1 Å². The molecule has 0 atom stereocenters. The number of carboxylic acids is 1. The van der Waals surface area contributed by atoms with Gasteiger partial charge >= 0.3 is 5.97 Å². The first-order valence-electron chi connectivity index (χ1n) is 9.98. The normalized spacial score (nSPS) is 13.6. The number of nitrogens with zero attached hydrogens (tertiary/aromatic N) is 3. The number of carboxylic acid groups (broad SMARTS) is 1. The molecule has 0 saturated carbocycles. The molecule has 0 bridgehead atoms. The monoisotopic (exact) mass is 427 g/mol. The molecule has 0 spiro atoms. The fourth-order valence-electron chi connectivity index (χ4n) is 3.94. The summed E-state index contributed by atoms with van der Waals surface area (Å²) in [6.45, 7) is 0.657. The molecule has 0 unspecified atom stereocenters. The Morgan fingerprint density at radius 2 is 2.03 bits per heavy atom. The van der Waals surface area contributed by atoms with Crippen molar-refractivity contribution in [2.75, 3.05) is 19.8 Å². The van der Waals surface area contributed by atoms with Crippen LogP contribution in [0.3, 0.4) is 0 Å². The van der Waals surface area contributed by atoms with Crippen LogP contribution < -0.4 is 0 Å². The smallest absolute Gasteiger partial charge is 0.329 e. The van der Waals surface area contributed by atoms with Crippen molar-refractivity contribution in [3.8, 4) is 0 Å². The number of ether oxygens (including phenoxy) is 1. The predicted octanol–water partition coefficient (Wildman–Crippen LogP) is 2.65. The number of rotatable bonds is 8. The fraction of sp³-hybridized carbons (Fsp3) is 0.318. The number of hydroxylamine groups is 2. The van der Waals surface area contributed by atoms with E-state index < -0.39 is 11.9 Å². The average Bonchev–Trinajstić information content (AvgIpc) is 3.09. The summed E-state index contributed by atoms with van der Waals surface area (Å²) in [6, 6.07) is 6.27. The second-order valence-electron chi connectivity index (χ2n) is 7.48. The molecule has 0 saturated heterocycles. The molecular formula is C22H22FN3O5. The highest BCUT2D eigenvalue weighted by molar-refractivity contribution is 6.00. The van der Waals surface area contributed by atoms with E-state index in [4.69, 9.17) is 9.84 Å². The third-order valence-electron chi connectivity index (χ3n) is 5.34. The molecule has 1 aromatic carbocycles. The van der Waals surface area contributed by atoms with E-state index in [9.17, 15) is 19.2 Å². The molecule has 3 aromatic rings. The number of hydrogen-bond donors (Lipinski definition) is 2. The van der Waals surface area contributed by atoms with Crippen molar-refractivity contribution in [2.45, 2.75) is 25.8 Å². The number of aryl methyl sites for hydroxylation is 1. The molecule has 4 rings (SSSR count). The quantitative estimate of drug-likeness (QED) is 0.423. The number of pyridine rings is 1. The number of aliphatic carboxylic acids is 1. The second-order valence-corrected chi connectivity index (χ2v) is 7.48. The molecular weight excluding hydrogens is 405 g/mol. The molecule has 162 valence electrons. The van der Waals surface area contributed by atoms with Crippen LogP contribution in [0.25, 0.3) is 10.9 Å². The van der Waals surface area contributed by atoms with E-state index in [1.165, 1.54) is 12.1 Å².